The van der Waals surface area contributed by atoms with Crippen LogP contribution in [0.15, 0.2) is 47.3 Å². The molecule has 22 heavy (non-hydrogen) atoms. The maximum absolute atomic E-state index is 4.47. The van der Waals surface area contributed by atoms with Crippen LogP contribution in [0.4, 0.5) is 5.69 Å². The summed E-state index contributed by atoms with van der Waals surface area (Å²) in [4.78, 5) is 6.94. The van der Waals surface area contributed by atoms with Gasteiger partial charge in [0.15, 0.2) is 5.65 Å². The van der Waals surface area contributed by atoms with E-state index in [2.05, 4.69) is 55.2 Å². The molecule has 1 aromatic carbocycles. The van der Waals surface area contributed by atoms with Crippen LogP contribution in [0.5, 0.6) is 0 Å². The van der Waals surface area contributed by atoms with E-state index >= 15 is 0 Å². The van der Waals surface area contributed by atoms with Crippen molar-refractivity contribution in [1.82, 2.24) is 14.6 Å². The van der Waals surface area contributed by atoms with Crippen molar-refractivity contribution in [3.63, 3.8) is 0 Å². The van der Waals surface area contributed by atoms with Gasteiger partial charge in [-0.3, -0.25) is 0 Å². The van der Waals surface area contributed by atoms with Crippen molar-refractivity contribution in [3.8, 4) is 11.1 Å². The second-order valence-electron chi connectivity index (χ2n) is 5.70. The molecule has 1 fully saturated rings. The Morgan fingerprint density at radius 1 is 0.909 bits per heavy atom. The molecule has 0 radical (unpaired) electrons. The number of aromatic nitrogens is 3. The van der Waals surface area contributed by atoms with Crippen LogP contribution >= 0.6 is 15.9 Å². The monoisotopic (exact) mass is 356 g/mol. The SMILES string of the molecule is Brc1cnn2cc(-c3ccc(N4CCCCC4)cc3)cnc12. The number of hydrogen-bond acceptors (Lipinski definition) is 3. The topological polar surface area (TPSA) is 33.4 Å². The summed E-state index contributed by atoms with van der Waals surface area (Å²) in [6.07, 6.45) is 9.65. The van der Waals surface area contributed by atoms with Gasteiger partial charge in [0.05, 0.1) is 10.7 Å². The Labute approximate surface area is 137 Å². The molecule has 0 spiro atoms. The van der Waals surface area contributed by atoms with E-state index in [9.17, 15) is 0 Å². The smallest absolute Gasteiger partial charge is 0.169 e. The van der Waals surface area contributed by atoms with Gasteiger partial charge in [0.1, 0.15) is 0 Å². The molecule has 3 heterocycles. The van der Waals surface area contributed by atoms with Crippen molar-refractivity contribution >= 4 is 27.3 Å². The van der Waals surface area contributed by atoms with Gasteiger partial charge in [-0.15, -0.1) is 0 Å². The zero-order valence-electron chi connectivity index (χ0n) is 12.2. The van der Waals surface area contributed by atoms with Crippen LogP contribution in [0.1, 0.15) is 19.3 Å². The molecule has 0 amide bonds. The summed E-state index contributed by atoms with van der Waals surface area (Å²) in [6.45, 7) is 2.35. The van der Waals surface area contributed by atoms with Gasteiger partial charge >= 0.3 is 0 Å². The van der Waals surface area contributed by atoms with Crippen molar-refractivity contribution in [1.29, 1.82) is 0 Å². The summed E-state index contributed by atoms with van der Waals surface area (Å²) in [5, 5.41) is 4.29. The van der Waals surface area contributed by atoms with Crippen molar-refractivity contribution < 1.29 is 0 Å². The van der Waals surface area contributed by atoms with E-state index in [4.69, 9.17) is 0 Å². The van der Waals surface area contributed by atoms with Crippen LogP contribution < -0.4 is 4.90 Å². The molecule has 3 aromatic rings. The predicted molar refractivity (Wildman–Crippen MR) is 92.2 cm³/mol. The Bertz CT molecular complexity index is 788. The fourth-order valence-electron chi connectivity index (χ4n) is 3.01. The summed E-state index contributed by atoms with van der Waals surface area (Å²) in [5.41, 5.74) is 4.41. The van der Waals surface area contributed by atoms with Crippen molar-refractivity contribution in [2.75, 3.05) is 18.0 Å². The summed E-state index contributed by atoms with van der Waals surface area (Å²) >= 11 is 3.45. The molecule has 5 heteroatoms. The third kappa shape index (κ3) is 2.50. The van der Waals surface area contributed by atoms with E-state index in [0.29, 0.717) is 0 Å². The molecule has 1 saturated heterocycles. The van der Waals surface area contributed by atoms with Crippen molar-refractivity contribution in [2.24, 2.45) is 0 Å². The Kier molecular flexibility index (Phi) is 3.58. The molecule has 1 aliphatic heterocycles. The Balaban J connectivity index is 1.63. The standard InChI is InChI=1S/C17H17BrN4/c18-16-11-20-22-12-14(10-19-17(16)22)13-4-6-15(7-5-13)21-8-2-1-3-9-21/h4-7,10-12H,1-3,8-9H2. The van der Waals surface area contributed by atoms with Crippen LogP contribution in [0.25, 0.3) is 16.8 Å². The van der Waals surface area contributed by atoms with Crippen molar-refractivity contribution in [2.45, 2.75) is 19.3 Å². The second-order valence-corrected chi connectivity index (χ2v) is 6.55. The van der Waals surface area contributed by atoms with Gasteiger partial charge in [0, 0.05) is 36.7 Å². The zero-order chi connectivity index (χ0) is 14.9. The minimum atomic E-state index is 0.841. The minimum Gasteiger partial charge on any atom is -0.372 e. The molecule has 112 valence electrons. The molecule has 0 saturated carbocycles. The quantitative estimate of drug-likeness (QED) is 0.691. The fourth-order valence-corrected chi connectivity index (χ4v) is 3.39. The maximum Gasteiger partial charge on any atom is 0.169 e. The number of benzene rings is 1. The van der Waals surface area contributed by atoms with Gasteiger partial charge in [-0.2, -0.15) is 5.10 Å². The van der Waals surface area contributed by atoms with Gasteiger partial charge in [-0.05, 0) is 52.9 Å². The molecule has 1 aliphatic rings. The third-order valence-electron chi connectivity index (χ3n) is 4.24. The highest BCUT2D eigenvalue weighted by atomic mass is 79.9. The molecular weight excluding hydrogens is 340 g/mol. The Morgan fingerprint density at radius 3 is 2.45 bits per heavy atom. The summed E-state index contributed by atoms with van der Waals surface area (Å²) < 4.78 is 2.72. The molecular formula is C17H17BrN4. The number of anilines is 1. The summed E-state index contributed by atoms with van der Waals surface area (Å²) in [5.74, 6) is 0. The first-order valence-electron chi connectivity index (χ1n) is 7.65. The van der Waals surface area contributed by atoms with Gasteiger partial charge in [0.25, 0.3) is 0 Å². The lowest BCUT2D eigenvalue weighted by Gasteiger charge is -2.28. The number of hydrogen-bond donors (Lipinski definition) is 0. The fraction of sp³-hybridized carbons (Fsp3) is 0.294. The highest BCUT2D eigenvalue weighted by Crippen LogP contribution is 2.25. The van der Waals surface area contributed by atoms with E-state index in [1.807, 2.05) is 12.4 Å². The molecule has 4 nitrogen and oxygen atoms in total. The lowest BCUT2D eigenvalue weighted by Crippen LogP contribution is -2.29. The van der Waals surface area contributed by atoms with E-state index in [1.165, 1.54) is 43.6 Å². The lowest BCUT2D eigenvalue weighted by atomic mass is 10.1. The first-order chi connectivity index (χ1) is 10.8. The minimum absolute atomic E-state index is 0.841. The summed E-state index contributed by atoms with van der Waals surface area (Å²) in [7, 11) is 0. The molecule has 0 N–H and O–H groups in total. The molecule has 0 aliphatic carbocycles. The maximum atomic E-state index is 4.47. The normalized spacial score (nSPS) is 15.4. The Hall–Kier alpha value is -1.88. The number of fused-ring (bicyclic) bond motifs is 1. The van der Waals surface area contributed by atoms with Gasteiger partial charge < -0.3 is 4.90 Å². The van der Waals surface area contributed by atoms with Crippen LogP contribution in [0.3, 0.4) is 0 Å². The first kappa shape index (κ1) is 13.8. The number of halogens is 1. The highest BCUT2D eigenvalue weighted by Gasteiger charge is 2.11. The number of nitrogens with zero attached hydrogens (tertiary/aromatic N) is 4. The van der Waals surface area contributed by atoms with E-state index in [1.54, 1.807) is 10.7 Å². The predicted octanol–water partition coefficient (Wildman–Crippen LogP) is 4.15. The van der Waals surface area contributed by atoms with Gasteiger partial charge in [0.2, 0.25) is 0 Å². The largest absolute Gasteiger partial charge is 0.372 e. The lowest BCUT2D eigenvalue weighted by molar-refractivity contribution is 0.578. The average Bonchev–Trinajstić information content (AvgIpc) is 2.96. The van der Waals surface area contributed by atoms with Crippen molar-refractivity contribution in [3.05, 3.63) is 47.3 Å². The van der Waals surface area contributed by atoms with Crippen LogP contribution in [-0.2, 0) is 0 Å². The van der Waals surface area contributed by atoms with Crippen LogP contribution in [-0.4, -0.2) is 27.7 Å². The highest BCUT2D eigenvalue weighted by molar-refractivity contribution is 9.10. The molecule has 0 bridgehead atoms. The number of piperidine rings is 1. The van der Waals surface area contributed by atoms with E-state index < -0.39 is 0 Å². The van der Waals surface area contributed by atoms with Gasteiger partial charge in [-0.1, -0.05) is 12.1 Å². The van der Waals surface area contributed by atoms with Gasteiger partial charge in [-0.25, -0.2) is 9.50 Å². The van der Waals surface area contributed by atoms with E-state index in [0.717, 1.165) is 15.7 Å². The number of rotatable bonds is 2. The van der Waals surface area contributed by atoms with Crippen LogP contribution in [0, 0.1) is 0 Å². The zero-order valence-corrected chi connectivity index (χ0v) is 13.8. The van der Waals surface area contributed by atoms with E-state index in [-0.39, 0.29) is 0 Å². The summed E-state index contributed by atoms with van der Waals surface area (Å²) in [6, 6.07) is 8.77. The average molecular weight is 357 g/mol. The second kappa shape index (κ2) is 5.72. The molecule has 0 atom stereocenters. The molecule has 2 aromatic heterocycles. The molecule has 4 rings (SSSR count). The Morgan fingerprint density at radius 2 is 1.68 bits per heavy atom. The molecule has 0 unspecified atom stereocenters. The third-order valence-corrected chi connectivity index (χ3v) is 4.79. The van der Waals surface area contributed by atoms with Crippen LogP contribution in [0.2, 0.25) is 0 Å². The first-order valence-corrected chi connectivity index (χ1v) is 8.45.